The molecule has 0 saturated heterocycles. The summed E-state index contributed by atoms with van der Waals surface area (Å²) in [5.41, 5.74) is 6.71. The smallest absolute Gasteiger partial charge is 0.235 e. The highest BCUT2D eigenvalue weighted by Gasteiger charge is 2.19. The summed E-state index contributed by atoms with van der Waals surface area (Å²) < 4.78 is 26.5. The van der Waals surface area contributed by atoms with Gasteiger partial charge in [0, 0.05) is 11.4 Å². The molecule has 0 aliphatic rings. The first kappa shape index (κ1) is 13.8. The molecule has 1 atom stereocenters. The van der Waals surface area contributed by atoms with Crippen molar-refractivity contribution in [2.24, 2.45) is 0 Å². The van der Waals surface area contributed by atoms with Gasteiger partial charge < -0.3 is 5.73 Å². The third-order valence-electron chi connectivity index (χ3n) is 2.66. The Morgan fingerprint density at radius 3 is 2.41 bits per heavy atom. The Labute approximate surface area is 103 Å². The van der Waals surface area contributed by atoms with Crippen LogP contribution < -0.4 is 10.5 Å². The standard InChI is InChI=1S/C12H20N2O2S/c1-3-4-5-10(2)17(15,16)14-12-8-6-11(13)7-9-12/h6-10,14H,3-5,13H2,1-2H3. The molecule has 0 bridgehead atoms. The minimum absolute atomic E-state index is 0.375. The van der Waals surface area contributed by atoms with Crippen LogP contribution in [0.3, 0.4) is 0 Å². The molecule has 4 nitrogen and oxygen atoms in total. The van der Waals surface area contributed by atoms with Gasteiger partial charge >= 0.3 is 0 Å². The van der Waals surface area contributed by atoms with Crippen LogP contribution in [-0.4, -0.2) is 13.7 Å². The zero-order valence-electron chi connectivity index (χ0n) is 10.3. The summed E-state index contributed by atoms with van der Waals surface area (Å²) >= 11 is 0. The van der Waals surface area contributed by atoms with Gasteiger partial charge in [0.1, 0.15) is 0 Å². The molecule has 0 radical (unpaired) electrons. The summed E-state index contributed by atoms with van der Waals surface area (Å²) in [7, 11) is -3.29. The number of nitrogen functional groups attached to an aromatic ring is 1. The molecule has 0 saturated carbocycles. The molecule has 1 aromatic carbocycles. The first-order chi connectivity index (χ1) is 7.95. The minimum atomic E-state index is -3.29. The number of hydrogen-bond acceptors (Lipinski definition) is 3. The largest absolute Gasteiger partial charge is 0.399 e. The van der Waals surface area contributed by atoms with Crippen molar-refractivity contribution in [3.05, 3.63) is 24.3 Å². The van der Waals surface area contributed by atoms with Gasteiger partial charge in [-0.15, -0.1) is 0 Å². The van der Waals surface area contributed by atoms with Crippen molar-refractivity contribution in [2.75, 3.05) is 10.5 Å². The zero-order chi connectivity index (χ0) is 12.9. The monoisotopic (exact) mass is 256 g/mol. The second-order valence-corrected chi connectivity index (χ2v) is 6.32. The van der Waals surface area contributed by atoms with E-state index in [4.69, 9.17) is 5.73 Å². The molecule has 5 heteroatoms. The number of sulfonamides is 1. The molecule has 1 unspecified atom stereocenters. The van der Waals surface area contributed by atoms with Gasteiger partial charge in [-0.25, -0.2) is 8.42 Å². The zero-order valence-corrected chi connectivity index (χ0v) is 11.1. The van der Waals surface area contributed by atoms with E-state index in [0.717, 1.165) is 12.8 Å². The lowest BCUT2D eigenvalue weighted by Gasteiger charge is -2.14. The Bertz CT molecular complexity index is 440. The normalized spacial score (nSPS) is 13.3. The van der Waals surface area contributed by atoms with E-state index in [-0.39, 0.29) is 5.25 Å². The number of benzene rings is 1. The molecule has 1 rings (SSSR count). The molecule has 0 heterocycles. The van der Waals surface area contributed by atoms with Gasteiger partial charge in [-0.2, -0.15) is 0 Å². The minimum Gasteiger partial charge on any atom is -0.399 e. The third-order valence-corrected chi connectivity index (χ3v) is 4.48. The molecule has 0 amide bonds. The van der Waals surface area contributed by atoms with Gasteiger partial charge in [0.25, 0.3) is 0 Å². The van der Waals surface area contributed by atoms with Crippen LogP contribution in [0.25, 0.3) is 0 Å². The predicted octanol–water partition coefficient (Wildman–Crippen LogP) is 2.59. The fraction of sp³-hybridized carbons (Fsp3) is 0.500. The van der Waals surface area contributed by atoms with Crippen LogP contribution in [0.15, 0.2) is 24.3 Å². The van der Waals surface area contributed by atoms with Crippen LogP contribution in [-0.2, 0) is 10.0 Å². The summed E-state index contributed by atoms with van der Waals surface area (Å²) in [5.74, 6) is 0. The van der Waals surface area contributed by atoms with Crippen LogP contribution in [0, 0.1) is 0 Å². The van der Waals surface area contributed by atoms with Crippen molar-refractivity contribution in [1.29, 1.82) is 0 Å². The number of nitrogens with one attached hydrogen (secondary N) is 1. The lowest BCUT2D eigenvalue weighted by Crippen LogP contribution is -2.25. The SMILES string of the molecule is CCCCC(C)S(=O)(=O)Nc1ccc(N)cc1. The number of anilines is 2. The summed E-state index contributed by atoms with van der Waals surface area (Å²) in [6, 6.07) is 6.68. The van der Waals surface area contributed by atoms with Gasteiger partial charge in [-0.3, -0.25) is 4.72 Å². The van der Waals surface area contributed by atoms with Crippen molar-refractivity contribution < 1.29 is 8.42 Å². The second-order valence-electron chi connectivity index (χ2n) is 4.22. The van der Waals surface area contributed by atoms with E-state index in [2.05, 4.69) is 4.72 Å². The van der Waals surface area contributed by atoms with Gasteiger partial charge in [0.15, 0.2) is 0 Å². The first-order valence-corrected chi connectivity index (χ1v) is 7.37. The van der Waals surface area contributed by atoms with Gasteiger partial charge in [-0.05, 0) is 37.6 Å². The maximum Gasteiger partial charge on any atom is 0.235 e. The van der Waals surface area contributed by atoms with E-state index >= 15 is 0 Å². The number of hydrogen-bond donors (Lipinski definition) is 2. The molecular weight excluding hydrogens is 236 g/mol. The lowest BCUT2D eigenvalue weighted by molar-refractivity contribution is 0.576. The molecule has 17 heavy (non-hydrogen) atoms. The lowest BCUT2D eigenvalue weighted by atomic mass is 10.2. The van der Waals surface area contributed by atoms with Gasteiger partial charge in [0.2, 0.25) is 10.0 Å². The predicted molar refractivity (Wildman–Crippen MR) is 72.4 cm³/mol. The van der Waals surface area contributed by atoms with Crippen LogP contribution in [0.2, 0.25) is 0 Å². The highest BCUT2D eigenvalue weighted by molar-refractivity contribution is 7.93. The topological polar surface area (TPSA) is 72.2 Å². The summed E-state index contributed by atoms with van der Waals surface area (Å²) in [4.78, 5) is 0. The van der Waals surface area contributed by atoms with Crippen molar-refractivity contribution in [3.63, 3.8) is 0 Å². The van der Waals surface area contributed by atoms with Crippen molar-refractivity contribution in [1.82, 2.24) is 0 Å². The quantitative estimate of drug-likeness (QED) is 0.768. The molecule has 0 aliphatic carbocycles. The Morgan fingerprint density at radius 2 is 1.88 bits per heavy atom. The van der Waals surface area contributed by atoms with E-state index in [1.165, 1.54) is 0 Å². The Balaban J connectivity index is 2.69. The molecule has 0 aromatic heterocycles. The molecule has 0 aliphatic heterocycles. The average molecular weight is 256 g/mol. The molecule has 0 spiro atoms. The van der Waals surface area contributed by atoms with Crippen molar-refractivity contribution in [3.8, 4) is 0 Å². The van der Waals surface area contributed by atoms with E-state index in [1.54, 1.807) is 31.2 Å². The maximum absolute atomic E-state index is 11.9. The maximum atomic E-state index is 11.9. The van der Waals surface area contributed by atoms with Gasteiger partial charge in [-0.1, -0.05) is 19.8 Å². The number of nitrogens with two attached hydrogens (primary N) is 1. The first-order valence-electron chi connectivity index (χ1n) is 5.83. The number of rotatable bonds is 6. The molecule has 96 valence electrons. The van der Waals surface area contributed by atoms with Crippen LogP contribution >= 0.6 is 0 Å². The van der Waals surface area contributed by atoms with E-state index in [1.807, 2.05) is 6.92 Å². The molecule has 0 fully saturated rings. The molecular formula is C12H20N2O2S. The molecule has 3 N–H and O–H groups in total. The summed E-state index contributed by atoms with van der Waals surface area (Å²) in [6.45, 7) is 3.78. The molecule has 1 aromatic rings. The van der Waals surface area contributed by atoms with E-state index in [0.29, 0.717) is 17.8 Å². The highest BCUT2D eigenvalue weighted by Crippen LogP contribution is 2.16. The van der Waals surface area contributed by atoms with Crippen LogP contribution in [0.5, 0.6) is 0 Å². The third kappa shape index (κ3) is 4.26. The van der Waals surface area contributed by atoms with E-state index < -0.39 is 10.0 Å². The Kier molecular flexibility index (Phi) is 4.81. The Morgan fingerprint density at radius 1 is 1.29 bits per heavy atom. The van der Waals surface area contributed by atoms with Crippen LogP contribution in [0.4, 0.5) is 11.4 Å². The fourth-order valence-electron chi connectivity index (χ4n) is 1.46. The van der Waals surface area contributed by atoms with Crippen molar-refractivity contribution in [2.45, 2.75) is 38.4 Å². The fourth-order valence-corrected chi connectivity index (χ4v) is 2.61. The van der Waals surface area contributed by atoms with Gasteiger partial charge in [0.05, 0.1) is 5.25 Å². The number of unbranched alkanes of at least 4 members (excludes halogenated alkanes) is 1. The Hall–Kier alpha value is -1.23. The average Bonchev–Trinajstić information content (AvgIpc) is 2.28. The van der Waals surface area contributed by atoms with Crippen LogP contribution in [0.1, 0.15) is 33.1 Å². The second kappa shape index (κ2) is 5.91. The summed E-state index contributed by atoms with van der Waals surface area (Å²) in [6.07, 6.45) is 2.60. The van der Waals surface area contributed by atoms with E-state index in [9.17, 15) is 8.42 Å². The van der Waals surface area contributed by atoms with Crippen molar-refractivity contribution >= 4 is 21.4 Å². The highest BCUT2D eigenvalue weighted by atomic mass is 32.2. The summed E-state index contributed by atoms with van der Waals surface area (Å²) in [5, 5.41) is -0.375.